The lowest BCUT2D eigenvalue weighted by molar-refractivity contribution is 0.487. The molecule has 0 bridgehead atoms. The van der Waals surface area contributed by atoms with Crippen molar-refractivity contribution in [3.05, 3.63) is 339 Å². The second-order valence-corrected chi connectivity index (χ2v) is 26.0. The van der Waals surface area contributed by atoms with E-state index >= 15 is 0 Å². The fourth-order valence-corrected chi connectivity index (χ4v) is 16.9. The summed E-state index contributed by atoms with van der Waals surface area (Å²) in [6, 6.07) is 120. The van der Waals surface area contributed by atoms with Crippen molar-refractivity contribution in [2.24, 2.45) is 0 Å². The van der Waals surface area contributed by atoms with Crippen molar-refractivity contribution in [3.8, 4) is 67.6 Å². The zero-order chi connectivity index (χ0) is 66.8. The van der Waals surface area contributed by atoms with Gasteiger partial charge in [0.15, 0.2) is 0 Å². The molecule has 0 unspecified atom stereocenters. The molecule has 0 aliphatic carbocycles. The van der Waals surface area contributed by atoms with Gasteiger partial charge < -0.3 is 27.9 Å². The first-order valence-corrected chi connectivity index (χ1v) is 33.6. The van der Waals surface area contributed by atoms with Crippen LogP contribution in [0.4, 0.5) is 17.1 Å². The fourth-order valence-electron chi connectivity index (χ4n) is 16.9. The van der Waals surface area contributed by atoms with E-state index in [0.717, 1.165) is 144 Å². The van der Waals surface area contributed by atoms with Crippen molar-refractivity contribution in [2.45, 2.75) is 6.85 Å². The zero-order valence-corrected chi connectivity index (χ0v) is 53.0. The highest BCUT2D eigenvalue weighted by molar-refractivity contribution is 6.99. The Bertz CT molecular complexity index is 6500. The first kappa shape index (κ1) is 51.6. The molecule has 2 aliphatic rings. The van der Waals surface area contributed by atoms with Gasteiger partial charge in [0, 0.05) is 75.3 Å². The number of anilines is 3. The van der Waals surface area contributed by atoms with Gasteiger partial charge in [-0.05, 0) is 136 Å². The Labute approximate surface area is 569 Å². The van der Waals surface area contributed by atoms with E-state index in [-0.39, 0.29) is 5.56 Å². The van der Waals surface area contributed by atoms with Crippen LogP contribution >= 0.6 is 0 Å². The summed E-state index contributed by atoms with van der Waals surface area (Å²) in [6.45, 7) is -2.79. The van der Waals surface area contributed by atoms with Crippen LogP contribution < -0.4 is 26.0 Å². The number of benzene rings is 15. The summed E-state index contributed by atoms with van der Waals surface area (Å²) in [7, 11) is 0. The quantitative estimate of drug-likeness (QED) is 0.142. The highest BCUT2D eigenvalue weighted by atomic mass is 16.5. The molecule has 19 aromatic rings. The number of aryl methyl sites for hydroxylation is 1. The average molecular weight is 1250 g/mol. The Kier molecular flexibility index (Phi) is 11.1. The first-order valence-electron chi connectivity index (χ1n) is 35.1. The Morgan fingerprint density at radius 3 is 1.13 bits per heavy atom. The van der Waals surface area contributed by atoms with Crippen molar-refractivity contribution in [1.29, 1.82) is 0 Å². The number of hydrogen-bond acceptors (Lipinski definition) is 2. The maximum Gasteiger partial charge on any atom is 0.256 e. The van der Waals surface area contributed by atoms with Gasteiger partial charge >= 0.3 is 0 Å². The number of para-hydroxylation sites is 11. The minimum atomic E-state index is -2.39. The Morgan fingerprint density at radius 1 is 0.265 bits per heavy atom. The Hall–Kier alpha value is -12.8. The van der Waals surface area contributed by atoms with Crippen molar-refractivity contribution in [1.82, 2.24) is 18.3 Å². The molecular weight excluding hydrogens is 1190 g/mol. The Morgan fingerprint density at radius 2 is 0.653 bits per heavy atom. The predicted octanol–water partition coefficient (Wildman–Crippen LogP) is 21.8. The van der Waals surface area contributed by atoms with Crippen molar-refractivity contribution >= 4 is 127 Å². The molecule has 15 aromatic carbocycles. The topological polar surface area (TPSA) is 32.2 Å². The van der Waals surface area contributed by atoms with Gasteiger partial charge in [-0.25, -0.2) is 0 Å². The van der Waals surface area contributed by atoms with E-state index in [1.165, 1.54) is 32.3 Å². The van der Waals surface area contributed by atoms with Crippen LogP contribution in [-0.4, -0.2) is 25.0 Å². The minimum Gasteiger partial charge on any atom is -0.458 e. The van der Waals surface area contributed by atoms with Crippen molar-refractivity contribution in [2.75, 3.05) is 4.90 Å². The molecule has 0 saturated carbocycles. The molecule has 456 valence electrons. The number of ether oxygens (including phenoxy) is 1. The summed E-state index contributed by atoms with van der Waals surface area (Å²) in [4.78, 5) is 2.50. The van der Waals surface area contributed by atoms with Crippen LogP contribution in [0.2, 0.25) is 0 Å². The number of nitrogens with zero attached hydrogens (tertiary/aromatic N) is 5. The number of hydrogen-bond donors (Lipinski definition) is 0. The summed E-state index contributed by atoms with van der Waals surface area (Å²) in [6.07, 6.45) is 0. The maximum absolute atomic E-state index is 8.81. The molecule has 0 saturated heterocycles. The van der Waals surface area contributed by atoms with E-state index in [4.69, 9.17) is 8.85 Å². The van der Waals surface area contributed by atoms with Gasteiger partial charge in [0.05, 0.1) is 72.6 Å². The zero-order valence-electron chi connectivity index (χ0n) is 56.0. The molecule has 4 aromatic heterocycles. The van der Waals surface area contributed by atoms with Crippen LogP contribution in [0.3, 0.4) is 0 Å². The first-order chi connectivity index (χ1) is 49.8. The molecule has 98 heavy (non-hydrogen) atoms. The lowest BCUT2D eigenvalue weighted by Gasteiger charge is -2.41. The highest BCUT2D eigenvalue weighted by Gasteiger charge is 2.43. The average Bonchev–Trinajstić information content (AvgIpc) is 0.970. The summed E-state index contributed by atoms with van der Waals surface area (Å²) < 4.78 is 43.7. The van der Waals surface area contributed by atoms with E-state index in [1.54, 1.807) is 12.1 Å². The van der Waals surface area contributed by atoms with Crippen molar-refractivity contribution in [3.63, 3.8) is 0 Å². The van der Waals surface area contributed by atoms with Crippen LogP contribution in [0, 0.1) is 6.85 Å². The third kappa shape index (κ3) is 7.81. The molecule has 7 heteroatoms. The van der Waals surface area contributed by atoms with Gasteiger partial charge in [-0.3, -0.25) is 0 Å². The summed E-state index contributed by atoms with van der Waals surface area (Å²) in [5.41, 5.74) is 25.0. The van der Waals surface area contributed by atoms with Gasteiger partial charge in [0.25, 0.3) is 6.71 Å². The van der Waals surface area contributed by atoms with Crippen LogP contribution in [0.1, 0.15) is 9.68 Å². The third-order valence-corrected chi connectivity index (χ3v) is 20.9. The van der Waals surface area contributed by atoms with Crippen molar-refractivity contribution < 1.29 is 8.85 Å². The van der Waals surface area contributed by atoms with Gasteiger partial charge in [-0.1, -0.05) is 243 Å². The van der Waals surface area contributed by atoms with Gasteiger partial charge in [-0.15, -0.1) is 0 Å². The second kappa shape index (κ2) is 21.1. The molecule has 0 radical (unpaired) electrons. The van der Waals surface area contributed by atoms with Crippen LogP contribution in [0.15, 0.2) is 334 Å². The molecule has 6 heterocycles. The van der Waals surface area contributed by atoms with E-state index < -0.39 is 13.6 Å². The van der Waals surface area contributed by atoms with Crippen LogP contribution in [-0.2, 0) is 0 Å². The standard InChI is InChI=1S/C91H58BN5O/c1-57-49-51-73-87(53-57)98-88-56-60(63-37-24-48-84(94-77-41-17-8-30-66(77)67-31-9-18-42-78(67)94)91(63)97-81-45-21-12-34-70(81)71-35-13-22-46-82(71)97)55-86-89(88)92(73)72-52-50-59(54-85(72)95(86)74-38-14-5-27-61(74)58-25-3-2-4-26-58)62-36-23-47-83(93-75-39-15-6-28-64(75)65-29-7-16-40-76(65)93)90(62)96-79-43-19-10-32-68(79)69-33-11-20-44-80(69)96/h2-56H,1H3/i1D3. The van der Waals surface area contributed by atoms with E-state index in [1.807, 2.05) is 6.07 Å². The Balaban J connectivity index is 0.889. The lowest BCUT2D eigenvalue weighted by atomic mass is 9.34. The second-order valence-electron chi connectivity index (χ2n) is 26.0. The lowest BCUT2D eigenvalue weighted by Crippen LogP contribution is -2.59. The molecule has 0 N–H and O–H groups in total. The molecule has 0 fully saturated rings. The SMILES string of the molecule is [2H]C([2H])([2H])c1ccc2c(c1)Oc1cc(-c3cccc(-n4c5ccccc5c5ccccc54)c3-n3c4ccccc4c4ccccc43)cc3c1B2c1ccc(-c2cccc(-n4c5ccccc5c5ccccc54)c2-n2c4ccccc4c4ccccc42)cc1N3c1ccccc1-c1ccccc1. The smallest absolute Gasteiger partial charge is 0.256 e. The van der Waals surface area contributed by atoms with Crippen LogP contribution in [0.5, 0.6) is 11.5 Å². The predicted molar refractivity (Wildman–Crippen MR) is 411 cm³/mol. The molecule has 0 amide bonds. The monoisotopic (exact) mass is 1250 g/mol. The van der Waals surface area contributed by atoms with E-state index in [2.05, 4.69) is 339 Å². The summed E-state index contributed by atoms with van der Waals surface area (Å²) in [5.74, 6) is 1.17. The van der Waals surface area contributed by atoms with Gasteiger partial charge in [0.1, 0.15) is 11.5 Å². The molecule has 21 rings (SSSR count). The number of rotatable bonds is 8. The number of fused-ring (bicyclic) bond motifs is 16. The molecule has 2 aliphatic heterocycles. The van der Waals surface area contributed by atoms with Gasteiger partial charge in [-0.2, -0.15) is 0 Å². The molecular formula is C91H58BN5O. The van der Waals surface area contributed by atoms with E-state index in [9.17, 15) is 0 Å². The normalized spacial score (nSPS) is 13.2. The third-order valence-electron chi connectivity index (χ3n) is 20.9. The largest absolute Gasteiger partial charge is 0.458 e. The number of aromatic nitrogens is 4. The maximum atomic E-state index is 8.81. The van der Waals surface area contributed by atoms with Crippen LogP contribution in [0.25, 0.3) is 143 Å². The summed E-state index contributed by atoms with van der Waals surface area (Å²) in [5, 5.41) is 9.35. The summed E-state index contributed by atoms with van der Waals surface area (Å²) >= 11 is 0. The van der Waals surface area contributed by atoms with E-state index in [0.29, 0.717) is 11.5 Å². The fraction of sp³-hybridized carbons (Fsp3) is 0.0110. The van der Waals surface area contributed by atoms with Gasteiger partial charge in [0.2, 0.25) is 0 Å². The molecule has 0 atom stereocenters. The highest BCUT2D eigenvalue weighted by Crippen LogP contribution is 2.51. The molecule has 6 nitrogen and oxygen atoms in total. The minimum absolute atomic E-state index is 0.217. The molecule has 0 spiro atoms.